The fourth-order valence-electron chi connectivity index (χ4n) is 2.28. The highest BCUT2D eigenvalue weighted by atomic mass is 16.5. The van der Waals surface area contributed by atoms with E-state index in [4.69, 9.17) is 4.74 Å². The van der Waals surface area contributed by atoms with E-state index in [0.29, 0.717) is 13.2 Å². The summed E-state index contributed by atoms with van der Waals surface area (Å²) in [7, 11) is 0. The second-order valence-electron chi connectivity index (χ2n) is 4.35. The predicted octanol–water partition coefficient (Wildman–Crippen LogP) is 0.122. The van der Waals surface area contributed by atoms with Crippen LogP contribution in [0.3, 0.4) is 0 Å². The number of hydrogen-bond acceptors (Lipinski definition) is 3. The second kappa shape index (κ2) is 5.50. The van der Waals surface area contributed by atoms with E-state index < -0.39 is 0 Å². The normalized spacial score (nSPS) is 26.9. The number of nitrogens with one attached hydrogen (secondary N) is 1. The summed E-state index contributed by atoms with van der Waals surface area (Å²) in [5.41, 5.74) is 0. The van der Waals surface area contributed by atoms with E-state index in [-0.39, 0.29) is 12.1 Å². The highest BCUT2D eigenvalue weighted by molar-refractivity contribution is 5.75. The molecule has 16 heavy (non-hydrogen) atoms. The molecule has 0 saturated carbocycles. The summed E-state index contributed by atoms with van der Waals surface area (Å²) in [5, 5.41) is 3.26. The molecule has 0 bridgehead atoms. The van der Waals surface area contributed by atoms with Crippen LogP contribution in [-0.4, -0.2) is 67.8 Å². The Morgan fingerprint density at radius 3 is 2.81 bits per heavy atom. The first-order valence-corrected chi connectivity index (χ1v) is 6.17. The third-order valence-corrected chi connectivity index (χ3v) is 3.33. The molecule has 0 aromatic carbocycles. The minimum Gasteiger partial charge on any atom is -0.377 e. The van der Waals surface area contributed by atoms with Crippen LogP contribution < -0.4 is 5.32 Å². The number of nitrogens with zero attached hydrogens (tertiary/aromatic N) is 2. The number of carbonyl (C=O) groups excluding carboxylic acids is 1. The fourth-order valence-corrected chi connectivity index (χ4v) is 2.28. The Bertz CT molecular complexity index is 241. The zero-order valence-corrected chi connectivity index (χ0v) is 9.95. The molecule has 92 valence electrons. The van der Waals surface area contributed by atoms with Gasteiger partial charge in [0.25, 0.3) is 0 Å². The molecule has 2 amide bonds. The fraction of sp³-hybridized carbons (Fsp3) is 0.909. The number of carbonyl (C=O) groups is 1. The van der Waals surface area contributed by atoms with Crippen molar-refractivity contribution in [2.24, 2.45) is 0 Å². The zero-order chi connectivity index (χ0) is 11.4. The highest BCUT2D eigenvalue weighted by Gasteiger charge is 2.29. The molecular formula is C11H21N3O2. The first kappa shape index (κ1) is 11.7. The summed E-state index contributed by atoms with van der Waals surface area (Å²) in [5.74, 6) is 0. The molecule has 5 nitrogen and oxygen atoms in total. The van der Waals surface area contributed by atoms with Gasteiger partial charge in [-0.3, -0.25) is 0 Å². The smallest absolute Gasteiger partial charge is 0.320 e. The number of hydrogen-bond donors (Lipinski definition) is 1. The van der Waals surface area contributed by atoms with Gasteiger partial charge < -0.3 is 19.9 Å². The lowest BCUT2D eigenvalue weighted by atomic mass is 10.2. The van der Waals surface area contributed by atoms with Crippen molar-refractivity contribution in [3.8, 4) is 0 Å². The Balaban J connectivity index is 1.95. The Morgan fingerprint density at radius 1 is 1.38 bits per heavy atom. The van der Waals surface area contributed by atoms with E-state index >= 15 is 0 Å². The molecule has 1 unspecified atom stereocenters. The van der Waals surface area contributed by atoms with E-state index in [1.54, 1.807) is 0 Å². The van der Waals surface area contributed by atoms with E-state index in [0.717, 1.165) is 39.1 Å². The maximum absolute atomic E-state index is 12.3. The minimum atomic E-state index is 0.191. The van der Waals surface area contributed by atoms with Crippen molar-refractivity contribution in [2.45, 2.75) is 19.4 Å². The Morgan fingerprint density at radius 2 is 2.12 bits per heavy atom. The van der Waals surface area contributed by atoms with Crippen molar-refractivity contribution < 1.29 is 9.53 Å². The SMILES string of the molecule is CCC1COCCN1C(=O)N1CCNCC1. The molecule has 0 aromatic rings. The summed E-state index contributed by atoms with van der Waals surface area (Å²) in [6, 6.07) is 0.452. The van der Waals surface area contributed by atoms with Gasteiger partial charge in [0.05, 0.1) is 19.3 Å². The monoisotopic (exact) mass is 227 g/mol. The van der Waals surface area contributed by atoms with Crippen molar-refractivity contribution in [3.05, 3.63) is 0 Å². The van der Waals surface area contributed by atoms with Gasteiger partial charge in [0.15, 0.2) is 0 Å². The number of urea groups is 1. The number of rotatable bonds is 1. The molecule has 0 aliphatic carbocycles. The molecule has 1 atom stereocenters. The Hall–Kier alpha value is -0.810. The highest BCUT2D eigenvalue weighted by Crippen LogP contribution is 2.13. The van der Waals surface area contributed by atoms with Gasteiger partial charge in [-0.25, -0.2) is 4.79 Å². The van der Waals surface area contributed by atoms with Crippen LogP contribution in [0.1, 0.15) is 13.3 Å². The number of ether oxygens (including phenoxy) is 1. The van der Waals surface area contributed by atoms with Gasteiger partial charge >= 0.3 is 6.03 Å². The number of morpholine rings is 1. The quantitative estimate of drug-likeness (QED) is 0.692. The lowest BCUT2D eigenvalue weighted by molar-refractivity contribution is 0.00220. The van der Waals surface area contributed by atoms with Crippen LogP contribution in [0.25, 0.3) is 0 Å². The summed E-state index contributed by atoms with van der Waals surface area (Å²) in [4.78, 5) is 16.2. The summed E-state index contributed by atoms with van der Waals surface area (Å²) >= 11 is 0. The van der Waals surface area contributed by atoms with E-state index in [1.807, 2.05) is 9.80 Å². The molecule has 0 aromatic heterocycles. The predicted molar refractivity (Wildman–Crippen MR) is 61.4 cm³/mol. The van der Waals surface area contributed by atoms with Crippen molar-refractivity contribution in [2.75, 3.05) is 45.9 Å². The average molecular weight is 227 g/mol. The molecule has 2 saturated heterocycles. The molecule has 1 N–H and O–H groups in total. The second-order valence-corrected chi connectivity index (χ2v) is 4.35. The number of amides is 2. The molecule has 5 heteroatoms. The first-order chi connectivity index (χ1) is 7.83. The molecule has 2 heterocycles. The van der Waals surface area contributed by atoms with Crippen LogP contribution in [0.5, 0.6) is 0 Å². The largest absolute Gasteiger partial charge is 0.377 e. The molecule has 2 aliphatic heterocycles. The Kier molecular flexibility index (Phi) is 4.01. The third kappa shape index (κ3) is 2.47. The lowest BCUT2D eigenvalue weighted by Gasteiger charge is -2.39. The topological polar surface area (TPSA) is 44.8 Å². The van der Waals surface area contributed by atoms with Crippen LogP contribution in [0.4, 0.5) is 4.79 Å². The van der Waals surface area contributed by atoms with Crippen molar-refractivity contribution >= 4 is 6.03 Å². The van der Waals surface area contributed by atoms with Gasteiger partial charge in [0, 0.05) is 32.7 Å². The van der Waals surface area contributed by atoms with Crippen LogP contribution in [-0.2, 0) is 4.74 Å². The Labute approximate surface area is 96.7 Å². The molecule has 2 aliphatic rings. The summed E-state index contributed by atoms with van der Waals surface area (Å²) in [6.07, 6.45) is 0.970. The first-order valence-electron chi connectivity index (χ1n) is 6.17. The minimum absolute atomic E-state index is 0.191. The van der Waals surface area contributed by atoms with Crippen molar-refractivity contribution in [1.82, 2.24) is 15.1 Å². The van der Waals surface area contributed by atoms with Crippen LogP contribution in [0.2, 0.25) is 0 Å². The average Bonchev–Trinajstić information content (AvgIpc) is 2.39. The van der Waals surface area contributed by atoms with Gasteiger partial charge in [-0.05, 0) is 6.42 Å². The molecule has 2 rings (SSSR count). The van der Waals surface area contributed by atoms with Gasteiger partial charge in [-0.2, -0.15) is 0 Å². The molecule has 0 radical (unpaired) electrons. The van der Waals surface area contributed by atoms with Gasteiger partial charge in [-0.15, -0.1) is 0 Å². The maximum Gasteiger partial charge on any atom is 0.320 e. The standard InChI is InChI=1S/C11H21N3O2/c1-2-10-9-16-8-7-14(10)11(15)13-5-3-12-4-6-13/h10,12H,2-9H2,1H3. The van der Waals surface area contributed by atoms with Gasteiger partial charge in [0.1, 0.15) is 0 Å². The molecule has 0 spiro atoms. The van der Waals surface area contributed by atoms with Crippen molar-refractivity contribution in [1.29, 1.82) is 0 Å². The van der Waals surface area contributed by atoms with E-state index in [2.05, 4.69) is 12.2 Å². The van der Waals surface area contributed by atoms with Crippen molar-refractivity contribution in [3.63, 3.8) is 0 Å². The van der Waals surface area contributed by atoms with Crippen LogP contribution >= 0.6 is 0 Å². The lowest BCUT2D eigenvalue weighted by Crippen LogP contribution is -2.57. The van der Waals surface area contributed by atoms with Crippen LogP contribution in [0.15, 0.2) is 0 Å². The summed E-state index contributed by atoms with van der Waals surface area (Å²) in [6.45, 7) is 7.68. The van der Waals surface area contributed by atoms with E-state index in [1.165, 1.54) is 0 Å². The van der Waals surface area contributed by atoms with Gasteiger partial charge in [0.2, 0.25) is 0 Å². The van der Waals surface area contributed by atoms with Crippen LogP contribution in [0, 0.1) is 0 Å². The molecule has 2 fully saturated rings. The van der Waals surface area contributed by atoms with Gasteiger partial charge in [-0.1, -0.05) is 6.92 Å². The zero-order valence-electron chi connectivity index (χ0n) is 9.95. The number of piperazine rings is 1. The maximum atomic E-state index is 12.3. The molecular weight excluding hydrogens is 206 g/mol. The third-order valence-electron chi connectivity index (χ3n) is 3.33. The summed E-state index contributed by atoms with van der Waals surface area (Å²) < 4.78 is 5.42. The van der Waals surface area contributed by atoms with E-state index in [9.17, 15) is 4.79 Å².